The minimum absolute atomic E-state index is 0.189. The Morgan fingerprint density at radius 3 is 2.60 bits per heavy atom. The monoisotopic (exact) mass is 346 g/mol. The number of rotatable bonds is 5. The van der Waals surface area contributed by atoms with Crippen LogP contribution in [0.5, 0.6) is 0 Å². The Hall–Kier alpha value is -2.77. The van der Waals surface area contributed by atoms with Gasteiger partial charge in [0.1, 0.15) is 5.82 Å². The lowest BCUT2D eigenvalue weighted by molar-refractivity contribution is -0.140. The molecule has 8 heteroatoms. The van der Waals surface area contributed by atoms with Crippen molar-refractivity contribution in [3.8, 4) is 0 Å². The number of hydrogen-bond acceptors (Lipinski definition) is 4. The smallest absolute Gasteiger partial charge is 0.307 e. The van der Waals surface area contributed by atoms with Crippen LogP contribution in [0.2, 0.25) is 0 Å². The van der Waals surface area contributed by atoms with Gasteiger partial charge in [0.2, 0.25) is 5.91 Å². The van der Waals surface area contributed by atoms with Crippen molar-refractivity contribution in [2.45, 2.75) is 27.3 Å². The molecule has 0 unspecified atom stereocenters. The summed E-state index contributed by atoms with van der Waals surface area (Å²) in [4.78, 5) is 23.6. The van der Waals surface area contributed by atoms with Crippen molar-refractivity contribution in [3.63, 3.8) is 0 Å². The number of carbonyl (C=O) groups is 2. The zero-order chi connectivity index (χ0) is 18.4. The predicted molar refractivity (Wildman–Crippen MR) is 87.3 cm³/mol. The molecule has 1 aliphatic rings. The molecule has 2 N–H and O–H groups in total. The van der Waals surface area contributed by atoms with Crippen LogP contribution in [0.1, 0.15) is 25.1 Å². The van der Waals surface area contributed by atoms with E-state index in [2.05, 4.69) is 15.6 Å². The summed E-state index contributed by atoms with van der Waals surface area (Å²) in [5.74, 6) is -2.77. The lowest BCUT2D eigenvalue weighted by Gasteiger charge is -2.06. The third-order valence-corrected chi connectivity index (χ3v) is 4.88. The van der Waals surface area contributed by atoms with Crippen LogP contribution in [0.15, 0.2) is 24.3 Å². The highest BCUT2D eigenvalue weighted by molar-refractivity contribution is 5.99. The van der Waals surface area contributed by atoms with Crippen LogP contribution in [0, 0.1) is 30.0 Å². The van der Waals surface area contributed by atoms with Gasteiger partial charge in [0.05, 0.1) is 24.1 Å². The normalized spacial score (nSPS) is 21.0. The van der Waals surface area contributed by atoms with Crippen molar-refractivity contribution in [3.05, 3.63) is 41.3 Å². The molecule has 1 amide bonds. The highest BCUT2D eigenvalue weighted by Crippen LogP contribution is 2.58. The largest absolute Gasteiger partial charge is 0.481 e. The minimum atomic E-state index is -0.981. The zero-order valence-corrected chi connectivity index (χ0v) is 14.2. The van der Waals surface area contributed by atoms with Crippen LogP contribution in [-0.2, 0) is 16.1 Å². The maximum Gasteiger partial charge on any atom is 0.307 e. The average Bonchev–Trinajstić information content (AvgIpc) is 2.99. The summed E-state index contributed by atoms with van der Waals surface area (Å²) in [6, 6.07) is 6.36. The molecule has 7 nitrogen and oxygen atoms in total. The summed E-state index contributed by atoms with van der Waals surface area (Å²) in [5, 5.41) is 19.7. The summed E-state index contributed by atoms with van der Waals surface area (Å²) in [7, 11) is 0. The van der Waals surface area contributed by atoms with Gasteiger partial charge in [-0.25, -0.2) is 9.07 Å². The molecule has 1 fully saturated rings. The maximum absolute atomic E-state index is 13.8. The molecule has 0 spiro atoms. The van der Waals surface area contributed by atoms with Gasteiger partial charge in [0.15, 0.2) is 5.82 Å². The summed E-state index contributed by atoms with van der Waals surface area (Å²) >= 11 is 0. The molecule has 132 valence electrons. The van der Waals surface area contributed by atoms with Crippen LogP contribution in [0.4, 0.5) is 10.2 Å². The fraction of sp³-hybridized carbons (Fsp3) is 0.412. The van der Waals surface area contributed by atoms with Gasteiger partial charge >= 0.3 is 5.97 Å². The lowest BCUT2D eigenvalue weighted by Crippen LogP contribution is -2.18. The molecule has 0 bridgehead atoms. The predicted octanol–water partition coefficient (Wildman–Crippen LogP) is 2.07. The molecule has 3 rings (SSSR count). The number of nitrogens with one attached hydrogen (secondary N) is 1. The molecular formula is C17H19FN4O3. The number of benzene rings is 1. The first-order chi connectivity index (χ1) is 11.7. The molecule has 2 aromatic rings. The Morgan fingerprint density at radius 1 is 1.32 bits per heavy atom. The van der Waals surface area contributed by atoms with Crippen LogP contribution in [0.25, 0.3) is 0 Å². The van der Waals surface area contributed by atoms with Crippen LogP contribution in [-0.4, -0.2) is 32.0 Å². The van der Waals surface area contributed by atoms with Crippen molar-refractivity contribution in [2.75, 3.05) is 5.32 Å². The Morgan fingerprint density at radius 2 is 2.00 bits per heavy atom. The molecule has 1 aromatic carbocycles. The Kier molecular flexibility index (Phi) is 4.06. The van der Waals surface area contributed by atoms with Crippen molar-refractivity contribution in [1.29, 1.82) is 0 Å². The first-order valence-corrected chi connectivity index (χ1v) is 7.90. The van der Waals surface area contributed by atoms with Crippen molar-refractivity contribution < 1.29 is 19.1 Å². The Bertz CT molecular complexity index is 846. The molecule has 0 saturated heterocycles. The van der Waals surface area contributed by atoms with E-state index < -0.39 is 29.1 Å². The first kappa shape index (κ1) is 17.1. The number of carboxylic acid groups (broad SMARTS) is 1. The van der Waals surface area contributed by atoms with E-state index >= 15 is 0 Å². The minimum Gasteiger partial charge on any atom is -0.481 e. The Labute approximate surface area is 143 Å². The van der Waals surface area contributed by atoms with Crippen LogP contribution >= 0.6 is 0 Å². The molecule has 1 aliphatic carbocycles. The molecule has 0 aliphatic heterocycles. The van der Waals surface area contributed by atoms with Crippen molar-refractivity contribution >= 4 is 17.7 Å². The number of hydrogen-bond donors (Lipinski definition) is 2. The topological polar surface area (TPSA) is 97.1 Å². The van der Waals surface area contributed by atoms with E-state index in [4.69, 9.17) is 0 Å². The molecule has 25 heavy (non-hydrogen) atoms. The van der Waals surface area contributed by atoms with E-state index in [9.17, 15) is 19.1 Å². The third kappa shape index (κ3) is 2.99. The van der Waals surface area contributed by atoms with Crippen LogP contribution < -0.4 is 5.32 Å². The van der Waals surface area contributed by atoms with Gasteiger partial charge in [-0.05, 0) is 18.4 Å². The summed E-state index contributed by atoms with van der Waals surface area (Å²) in [5.41, 5.74) is 0.442. The van der Waals surface area contributed by atoms with E-state index in [-0.39, 0.29) is 18.2 Å². The summed E-state index contributed by atoms with van der Waals surface area (Å²) < 4.78 is 15.2. The first-order valence-electron chi connectivity index (χ1n) is 7.90. The van der Waals surface area contributed by atoms with E-state index in [1.54, 1.807) is 39.0 Å². The summed E-state index contributed by atoms with van der Waals surface area (Å²) in [6.45, 7) is 5.40. The number of halogens is 1. The number of aromatic nitrogens is 3. The fourth-order valence-corrected chi connectivity index (χ4v) is 3.20. The highest BCUT2D eigenvalue weighted by atomic mass is 19.1. The van der Waals surface area contributed by atoms with Crippen molar-refractivity contribution in [2.24, 2.45) is 17.3 Å². The quantitative estimate of drug-likeness (QED) is 0.864. The van der Waals surface area contributed by atoms with Gasteiger partial charge < -0.3 is 10.4 Å². The second kappa shape index (κ2) is 5.94. The van der Waals surface area contributed by atoms with Crippen molar-refractivity contribution in [1.82, 2.24) is 15.0 Å². The maximum atomic E-state index is 13.8. The molecule has 0 radical (unpaired) electrons. The average molecular weight is 346 g/mol. The van der Waals surface area contributed by atoms with Gasteiger partial charge in [-0.1, -0.05) is 37.3 Å². The van der Waals surface area contributed by atoms with E-state index in [1.165, 1.54) is 10.7 Å². The second-order valence-corrected chi connectivity index (χ2v) is 6.88. The van der Waals surface area contributed by atoms with E-state index in [0.29, 0.717) is 11.3 Å². The van der Waals surface area contributed by atoms with Gasteiger partial charge in [0.25, 0.3) is 0 Å². The molecule has 1 saturated carbocycles. The second-order valence-electron chi connectivity index (χ2n) is 6.88. The Balaban J connectivity index is 1.73. The van der Waals surface area contributed by atoms with Gasteiger partial charge in [-0.2, -0.15) is 0 Å². The van der Waals surface area contributed by atoms with Crippen LogP contribution in [0.3, 0.4) is 0 Å². The third-order valence-electron chi connectivity index (χ3n) is 4.88. The van der Waals surface area contributed by atoms with Gasteiger partial charge in [-0.15, -0.1) is 5.10 Å². The van der Waals surface area contributed by atoms with Gasteiger partial charge in [-0.3, -0.25) is 9.59 Å². The molecule has 2 atom stereocenters. The number of carbonyl (C=O) groups excluding carboxylic acids is 1. The molecule has 1 heterocycles. The molecular weight excluding hydrogens is 327 g/mol. The number of aliphatic carboxylic acids is 1. The highest BCUT2D eigenvalue weighted by Gasteiger charge is 2.66. The number of carboxylic acids is 1. The van der Waals surface area contributed by atoms with E-state index in [1.807, 2.05) is 0 Å². The number of anilines is 1. The van der Waals surface area contributed by atoms with E-state index in [0.717, 1.165) is 0 Å². The molecule has 1 aromatic heterocycles. The standard InChI is InChI=1S/C17H19FN4O3/c1-9-14(19-15(23)12-13(16(24)25)17(12,2)3)20-21-22(9)8-10-6-4-5-7-11(10)18/h4-7,12-13H,8H2,1-3H3,(H,19,23)(H,24,25)/t12-,13+/m0/s1. The SMILES string of the molecule is Cc1c(NC(=O)[C@@H]2[C@H](C(=O)O)C2(C)C)nnn1Cc1ccccc1F. The summed E-state index contributed by atoms with van der Waals surface area (Å²) in [6.07, 6.45) is 0. The number of nitrogens with zero attached hydrogens (tertiary/aromatic N) is 3. The lowest BCUT2D eigenvalue weighted by atomic mass is 10.1. The zero-order valence-electron chi connectivity index (χ0n) is 14.2. The number of amides is 1. The fourth-order valence-electron chi connectivity index (χ4n) is 3.20. The van der Waals surface area contributed by atoms with Gasteiger partial charge in [0, 0.05) is 5.56 Å².